The van der Waals surface area contributed by atoms with E-state index in [2.05, 4.69) is 120 Å². The average Bonchev–Trinajstić information content (AvgIpc) is 3.64. The zero-order valence-electron chi connectivity index (χ0n) is 29.2. The second kappa shape index (κ2) is 13.3. The van der Waals surface area contributed by atoms with Crippen LogP contribution in [0.1, 0.15) is 0 Å². The van der Waals surface area contributed by atoms with Crippen LogP contribution >= 0.6 is 0 Å². The minimum Gasteiger partial charge on any atom is -0.455 e. The lowest BCUT2D eigenvalue weighted by molar-refractivity contribution is 0.672. The lowest BCUT2D eigenvalue weighted by atomic mass is 9.99. The highest BCUT2D eigenvalue weighted by molar-refractivity contribution is 6.20. The first-order chi connectivity index (χ1) is 26.8. The van der Waals surface area contributed by atoms with Gasteiger partial charge < -0.3 is 9.32 Å². The quantitative estimate of drug-likeness (QED) is 0.166. The minimum atomic E-state index is 0.593. The highest BCUT2D eigenvalue weighted by Gasteiger charge is 2.22. The Kier molecular flexibility index (Phi) is 7.73. The summed E-state index contributed by atoms with van der Waals surface area (Å²) in [6.45, 7) is 0. The topological polar surface area (TPSA) is 55.1 Å². The van der Waals surface area contributed by atoms with E-state index in [0.717, 1.165) is 66.5 Å². The highest BCUT2D eigenvalue weighted by Crippen LogP contribution is 2.45. The van der Waals surface area contributed by atoms with Crippen LogP contribution in [0.5, 0.6) is 0 Å². The number of fused-ring (bicyclic) bond motifs is 5. The molecule has 0 radical (unpaired) electrons. The molecular weight excluding hydrogens is 661 g/mol. The minimum absolute atomic E-state index is 0.593. The number of hydrogen-bond donors (Lipinski definition) is 0. The van der Waals surface area contributed by atoms with Gasteiger partial charge in [0, 0.05) is 49.6 Å². The third-order valence-corrected chi connectivity index (χ3v) is 9.90. The predicted molar refractivity (Wildman–Crippen MR) is 221 cm³/mol. The van der Waals surface area contributed by atoms with Gasteiger partial charge in [-0.15, -0.1) is 0 Å². The fourth-order valence-electron chi connectivity index (χ4n) is 7.28. The van der Waals surface area contributed by atoms with Crippen molar-refractivity contribution in [3.63, 3.8) is 0 Å². The molecule has 0 N–H and O–H groups in total. The van der Waals surface area contributed by atoms with E-state index in [1.807, 2.05) is 78.9 Å². The number of furan rings is 1. The van der Waals surface area contributed by atoms with Crippen molar-refractivity contribution in [1.29, 1.82) is 0 Å². The van der Waals surface area contributed by atoms with Crippen LogP contribution in [0.25, 0.3) is 78.0 Å². The second-order valence-electron chi connectivity index (χ2n) is 13.3. The Hall–Kier alpha value is -7.37. The second-order valence-corrected chi connectivity index (χ2v) is 13.3. The summed E-state index contributed by atoms with van der Waals surface area (Å²) >= 11 is 0. The maximum Gasteiger partial charge on any atom is 0.164 e. The molecule has 5 nitrogen and oxygen atoms in total. The summed E-state index contributed by atoms with van der Waals surface area (Å²) in [5.41, 5.74) is 9.89. The van der Waals surface area contributed by atoms with Crippen molar-refractivity contribution in [1.82, 2.24) is 15.0 Å². The third-order valence-electron chi connectivity index (χ3n) is 9.90. The first-order valence-corrected chi connectivity index (χ1v) is 18.0. The average molecular weight is 693 g/mol. The van der Waals surface area contributed by atoms with Crippen LogP contribution in [0.4, 0.5) is 17.1 Å². The molecule has 10 aromatic rings. The molecule has 0 atom stereocenters. The molecule has 0 saturated carbocycles. The molecule has 0 aliphatic rings. The van der Waals surface area contributed by atoms with Gasteiger partial charge in [0.2, 0.25) is 0 Å². The number of anilines is 3. The number of benzene rings is 8. The van der Waals surface area contributed by atoms with E-state index in [0.29, 0.717) is 17.5 Å². The summed E-state index contributed by atoms with van der Waals surface area (Å²) in [5, 5.41) is 4.12. The molecule has 254 valence electrons. The third kappa shape index (κ3) is 5.65. The summed E-state index contributed by atoms with van der Waals surface area (Å²) in [7, 11) is 0. The predicted octanol–water partition coefficient (Wildman–Crippen LogP) is 13.1. The van der Waals surface area contributed by atoms with E-state index in [1.54, 1.807) is 0 Å². The van der Waals surface area contributed by atoms with E-state index >= 15 is 0 Å². The van der Waals surface area contributed by atoms with E-state index < -0.39 is 0 Å². The molecule has 0 saturated heterocycles. The maximum atomic E-state index is 6.68. The molecule has 54 heavy (non-hydrogen) atoms. The van der Waals surface area contributed by atoms with Crippen molar-refractivity contribution in [3.8, 4) is 45.3 Å². The van der Waals surface area contributed by atoms with Crippen LogP contribution in [0.15, 0.2) is 199 Å². The van der Waals surface area contributed by atoms with Crippen molar-refractivity contribution in [3.05, 3.63) is 194 Å². The summed E-state index contributed by atoms with van der Waals surface area (Å²) in [6, 6.07) is 66.9. The molecule has 0 aliphatic carbocycles. The van der Waals surface area contributed by atoms with E-state index in [9.17, 15) is 0 Å². The SMILES string of the molecule is c1ccc(-c2ccc(N(c3ccccc3)c3cc4c5ccccc5oc4c4cc(-c5nc(-c6ccccc6)nc(-c6ccccc6)n5)ccc34)cc2)cc1. The first-order valence-electron chi connectivity index (χ1n) is 18.0. The van der Waals surface area contributed by atoms with Gasteiger partial charge >= 0.3 is 0 Å². The van der Waals surface area contributed by atoms with Gasteiger partial charge in [0.1, 0.15) is 11.2 Å². The van der Waals surface area contributed by atoms with Crippen LogP contribution < -0.4 is 4.90 Å². The molecule has 0 unspecified atom stereocenters. The molecule has 8 aromatic carbocycles. The van der Waals surface area contributed by atoms with Gasteiger partial charge in [0.05, 0.1) is 5.69 Å². The van der Waals surface area contributed by atoms with Crippen LogP contribution in [-0.4, -0.2) is 15.0 Å². The Morgan fingerprint density at radius 1 is 0.333 bits per heavy atom. The molecule has 0 amide bonds. The zero-order chi connectivity index (χ0) is 35.8. The van der Waals surface area contributed by atoms with Crippen molar-refractivity contribution in [2.45, 2.75) is 0 Å². The van der Waals surface area contributed by atoms with E-state index in [-0.39, 0.29) is 0 Å². The fourth-order valence-corrected chi connectivity index (χ4v) is 7.28. The Balaban J connectivity index is 1.21. The molecule has 0 bridgehead atoms. The van der Waals surface area contributed by atoms with E-state index in [1.165, 1.54) is 11.1 Å². The fraction of sp³-hybridized carbons (Fsp3) is 0. The summed E-state index contributed by atoms with van der Waals surface area (Å²) in [4.78, 5) is 17.4. The molecule has 2 aromatic heterocycles. The van der Waals surface area contributed by atoms with Crippen molar-refractivity contribution < 1.29 is 4.42 Å². The van der Waals surface area contributed by atoms with Gasteiger partial charge in [0.15, 0.2) is 17.5 Å². The summed E-state index contributed by atoms with van der Waals surface area (Å²) in [6.07, 6.45) is 0. The van der Waals surface area contributed by atoms with Crippen LogP contribution in [0, 0.1) is 0 Å². The van der Waals surface area contributed by atoms with Gasteiger partial charge in [-0.1, -0.05) is 152 Å². The van der Waals surface area contributed by atoms with E-state index in [4.69, 9.17) is 19.4 Å². The number of hydrogen-bond acceptors (Lipinski definition) is 5. The zero-order valence-corrected chi connectivity index (χ0v) is 29.2. The smallest absolute Gasteiger partial charge is 0.164 e. The Labute approximate surface area is 312 Å². The largest absolute Gasteiger partial charge is 0.455 e. The molecule has 2 heterocycles. The molecule has 0 aliphatic heterocycles. The Morgan fingerprint density at radius 2 is 0.796 bits per heavy atom. The number of rotatable bonds is 7. The van der Waals surface area contributed by atoms with Gasteiger partial charge in [-0.2, -0.15) is 0 Å². The van der Waals surface area contributed by atoms with Crippen molar-refractivity contribution >= 4 is 49.8 Å². The highest BCUT2D eigenvalue weighted by atomic mass is 16.3. The van der Waals surface area contributed by atoms with Crippen molar-refractivity contribution in [2.24, 2.45) is 0 Å². The van der Waals surface area contributed by atoms with Crippen molar-refractivity contribution in [2.75, 3.05) is 4.90 Å². The summed E-state index contributed by atoms with van der Waals surface area (Å²) < 4.78 is 6.68. The number of nitrogens with zero attached hydrogens (tertiary/aromatic N) is 4. The molecule has 0 fully saturated rings. The van der Waals surface area contributed by atoms with Crippen LogP contribution in [0.3, 0.4) is 0 Å². The standard InChI is InChI=1S/C49H32N4O/c1-5-15-33(16-6-1)34-25-28-39(29-26-34)53(38-21-11-4-12-22-38)44-32-43-41-23-13-14-24-45(41)54-46(43)42-31-37(27-30-40(42)44)49-51-47(35-17-7-2-8-18-35)50-48(52-49)36-19-9-3-10-20-36/h1-32H. The van der Waals surface area contributed by atoms with Gasteiger partial charge in [-0.3, -0.25) is 0 Å². The molecule has 0 spiro atoms. The van der Waals surface area contributed by atoms with Gasteiger partial charge in [0.25, 0.3) is 0 Å². The lowest BCUT2D eigenvalue weighted by Gasteiger charge is -2.27. The number of aromatic nitrogens is 3. The van der Waals surface area contributed by atoms with Gasteiger partial charge in [-0.25, -0.2) is 15.0 Å². The van der Waals surface area contributed by atoms with Crippen LogP contribution in [0.2, 0.25) is 0 Å². The molecular formula is C49H32N4O. The maximum absolute atomic E-state index is 6.68. The molecule has 10 rings (SSSR count). The number of para-hydroxylation sites is 2. The lowest BCUT2D eigenvalue weighted by Crippen LogP contribution is -2.10. The normalized spacial score (nSPS) is 11.3. The summed E-state index contributed by atoms with van der Waals surface area (Å²) in [5.74, 6) is 1.84. The Morgan fingerprint density at radius 3 is 1.43 bits per heavy atom. The monoisotopic (exact) mass is 692 g/mol. The van der Waals surface area contributed by atoms with Crippen LogP contribution in [-0.2, 0) is 0 Å². The van der Waals surface area contributed by atoms with Gasteiger partial charge in [-0.05, 0) is 53.6 Å². The molecule has 5 heteroatoms. The Bertz CT molecular complexity index is 2850. The first kappa shape index (κ1) is 31.4.